The molecule has 1 aliphatic heterocycles. The maximum absolute atomic E-state index is 8.90. The second-order valence-corrected chi connectivity index (χ2v) is 5.36. The largest absolute Gasteiger partial charge is 0.313 e. The van der Waals surface area contributed by atoms with Crippen LogP contribution in [0, 0.1) is 17.2 Å². The van der Waals surface area contributed by atoms with E-state index >= 15 is 0 Å². The molecule has 1 saturated heterocycles. The van der Waals surface area contributed by atoms with Gasteiger partial charge in [-0.15, -0.1) is 0 Å². The molecular weight excluding hydrogens is 198 g/mol. The van der Waals surface area contributed by atoms with Gasteiger partial charge in [0.1, 0.15) is 0 Å². The van der Waals surface area contributed by atoms with Crippen molar-refractivity contribution in [2.24, 2.45) is 5.92 Å². The third-order valence-corrected chi connectivity index (χ3v) is 3.66. The lowest BCUT2D eigenvalue weighted by molar-refractivity contribution is 0.203. The molecule has 2 fully saturated rings. The molecule has 90 valence electrons. The molecule has 0 aromatic carbocycles. The number of piperidine rings is 1. The summed E-state index contributed by atoms with van der Waals surface area (Å²) in [4.78, 5) is 2.54. The molecule has 0 amide bonds. The summed E-state index contributed by atoms with van der Waals surface area (Å²) in [6.07, 6.45) is 6.68. The lowest BCUT2D eigenvalue weighted by Gasteiger charge is -2.31. The fourth-order valence-corrected chi connectivity index (χ4v) is 2.57. The Hall–Kier alpha value is -0.590. The second kappa shape index (κ2) is 5.65. The third-order valence-electron chi connectivity index (χ3n) is 3.66. The Balaban J connectivity index is 1.80. The minimum atomic E-state index is 0.171. The van der Waals surface area contributed by atoms with Crippen LogP contribution in [0.1, 0.15) is 39.0 Å². The first-order valence-corrected chi connectivity index (χ1v) is 6.66. The van der Waals surface area contributed by atoms with E-state index in [1.165, 1.54) is 38.6 Å². The molecular formula is C13H23N3. The lowest BCUT2D eigenvalue weighted by atomic mass is 10.0. The maximum atomic E-state index is 8.90. The van der Waals surface area contributed by atoms with Crippen LogP contribution < -0.4 is 5.32 Å². The quantitative estimate of drug-likeness (QED) is 0.769. The summed E-state index contributed by atoms with van der Waals surface area (Å²) >= 11 is 0. The molecule has 0 aromatic rings. The van der Waals surface area contributed by atoms with Gasteiger partial charge in [0.2, 0.25) is 0 Å². The highest BCUT2D eigenvalue weighted by molar-refractivity contribution is 4.91. The average Bonchev–Trinajstić information content (AvgIpc) is 3.13. The van der Waals surface area contributed by atoms with Crippen LogP contribution in [0.5, 0.6) is 0 Å². The first-order valence-electron chi connectivity index (χ1n) is 6.66. The maximum Gasteiger partial charge on any atom is 0.0666 e. The lowest BCUT2D eigenvalue weighted by Crippen LogP contribution is -2.45. The zero-order valence-corrected chi connectivity index (χ0v) is 10.3. The van der Waals surface area contributed by atoms with Crippen molar-refractivity contribution in [1.82, 2.24) is 10.2 Å². The van der Waals surface area contributed by atoms with E-state index < -0.39 is 0 Å². The van der Waals surface area contributed by atoms with Gasteiger partial charge in [-0.1, -0.05) is 6.42 Å². The number of nitrogens with zero attached hydrogens (tertiary/aromatic N) is 2. The van der Waals surface area contributed by atoms with Gasteiger partial charge in [0.05, 0.1) is 12.0 Å². The highest BCUT2D eigenvalue weighted by Gasteiger charge is 2.31. The molecule has 0 radical (unpaired) electrons. The Morgan fingerprint density at radius 3 is 2.75 bits per heavy atom. The van der Waals surface area contributed by atoms with E-state index in [1.807, 2.05) is 6.92 Å². The summed E-state index contributed by atoms with van der Waals surface area (Å²) in [5.74, 6) is 0.171. The van der Waals surface area contributed by atoms with Crippen LogP contribution in [-0.4, -0.2) is 36.6 Å². The molecule has 0 aromatic heterocycles. The Bertz CT molecular complexity index is 248. The van der Waals surface area contributed by atoms with E-state index in [-0.39, 0.29) is 5.92 Å². The van der Waals surface area contributed by atoms with Crippen molar-refractivity contribution in [2.45, 2.75) is 51.1 Å². The predicted octanol–water partition coefficient (Wildman–Crippen LogP) is 1.75. The Morgan fingerprint density at radius 1 is 1.38 bits per heavy atom. The predicted molar refractivity (Wildman–Crippen MR) is 65.0 cm³/mol. The number of rotatable bonds is 5. The van der Waals surface area contributed by atoms with Crippen molar-refractivity contribution in [3.05, 3.63) is 0 Å². The van der Waals surface area contributed by atoms with E-state index in [0.29, 0.717) is 6.04 Å². The van der Waals surface area contributed by atoms with Crippen LogP contribution in [0.3, 0.4) is 0 Å². The average molecular weight is 221 g/mol. The van der Waals surface area contributed by atoms with Crippen molar-refractivity contribution >= 4 is 0 Å². The molecule has 0 spiro atoms. The first-order chi connectivity index (χ1) is 7.79. The molecule has 2 atom stereocenters. The van der Waals surface area contributed by atoms with Crippen molar-refractivity contribution in [2.75, 3.05) is 19.6 Å². The molecule has 1 N–H and O–H groups in total. The van der Waals surface area contributed by atoms with Crippen LogP contribution in [0.2, 0.25) is 0 Å². The fourth-order valence-electron chi connectivity index (χ4n) is 2.57. The summed E-state index contributed by atoms with van der Waals surface area (Å²) in [6, 6.07) is 3.80. The van der Waals surface area contributed by atoms with Crippen LogP contribution in [-0.2, 0) is 0 Å². The zero-order valence-electron chi connectivity index (χ0n) is 10.3. The monoisotopic (exact) mass is 221 g/mol. The SMILES string of the molecule is CC(C#N)CN(CC1CCCCN1)C1CC1. The van der Waals surface area contributed by atoms with E-state index in [4.69, 9.17) is 5.26 Å². The van der Waals surface area contributed by atoms with E-state index in [9.17, 15) is 0 Å². The van der Waals surface area contributed by atoms with Crippen LogP contribution >= 0.6 is 0 Å². The Morgan fingerprint density at radius 2 is 2.19 bits per heavy atom. The van der Waals surface area contributed by atoms with Gasteiger partial charge in [-0.3, -0.25) is 4.90 Å². The van der Waals surface area contributed by atoms with Crippen molar-refractivity contribution in [3.63, 3.8) is 0 Å². The summed E-state index contributed by atoms with van der Waals surface area (Å²) < 4.78 is 0. The van der Waals surface area contributed by atoms with Gasteiger partial charge in [0.25, 0.3) is 0 Å². The van der Waals surface area contributed by atoms with Crippen molar-refractivity contribution < 1.29 is 0 Å². The normalized spacial score (nSPS) is 27.7. The molecule has 3 nitrogen and oxygen atoms in total. The summed E-state index contributed by atoms with van der Waals surface area (Å²) in [5.41, 5.74) is 0. The van der Waals surface area contributed by atoms with Gasteiger partial charge >= 0.3 is 0 Å². The smallest absolute Gasteiger partial charge is 0.0666 e. The Labute approximate surface area is 98.8 Å². The van der Waals surface area contributed by atoms with E-state index in [0.717, 1.165) is 19.1 Å². The van der Waals surface area contributed by atoms with Crippen LogP contribution in [0.15, 0.2) is 0 Å². The van der Waals surface area contributed by atoms with E-state index in [1.54, 1.807) is 0 Å². The standard InChI is InChI=1S/C13H23N3/c1-11(8-14)9-16(13-5-6-13)10-12-4-2-3-7-15-12/h11-13,15H,2-7,9-10H2,1H3. The van der Waals surface area contributed by atoms with Gasteiger partial charge in [0.15, 0.2) is 0 Å². The molecule has 1 saturated carbocycles. The number of nitriles is 1. The molecule has 0 bridgehead atoms. The number of nitrogens with one attached hydrogen (secondary N) is 1. The van der Waals surface area contributed by atoms with Crippen LogP contribution in [0.4, 0.5) is 0 Å². The van der Waals surface area contributed by atoms with Gasteiger partial charge in [-0.2, -0.15) is 5.26 Å². The molecule has 16 heavy (non-hydrogen) atoms. The number of hydrogen-bond acceptors (Lipinski definition) is 3. The van der Waals surface area contributed by atoms with Gasteiger partial charge in [-0.05, 0) is 39.2 Å². The Kier molecular flexibility index (Phi) is 4.20. The summed E-state index contributed by atoms with van der Waals surface area (Å²) in [6.45, 7) is 5.32. The van der Waals surface area contributed by atoms with Crippen LogP contribution in [0.25, 0.3) is 0 Å². The highest BCUT2D eigenvalue weighted by Crippen LogP contribution is 2.28. The molecule has 3 heteroatoms. The first kappa shape index (κ1) is 11.9. The van der Waals surface area contributed by atoms with Crippen molar-refractivity contribution in [3.8, 4) is 6.07 Å². The van der Waals surface area contributed by atoms with Gasteiger partial charge in [0, 0.05) is 25.2 Å². The molecule has 2 rings (SSSR count). The second-order valence-electron chi connectivity index (χ2n) is 5.36. The van der Waals surface area contributed by atoms with Gasteiger partial charge in [-0.25, -0.2) is 0 Å². The highest BCUT2D eigenvalue weighted by atomic mass is 15.2. The minimum Gasteiger partial charge on any atom is -0.313 e. The molecule has 1 heterocycles. The summed E-state index contributed by atoms with van der Waals surface area (Å²) in [7, 11) is 0. The topological polar surface area (TPSA) is 39.1 Å². The molecule has 2 unspecified atom stereocenters. The molecule has 1 aliphatic carbocycles. The number of hydrogen-bond donors (Lipinski definition) is 1. The minimum absolute atomic E-state index is 0.171. The third kappa shape index (κ3) is 3.47. The van der Waals surface area contributed by atoms with Gasteiger partial charge < -0.3 is 5.32 Å². The van der Waals surface area contributed by atoms with Crippen molar-refractivity contribution in [1.29, 1.82) is 5.26 Å². The molecule has 2 aliphatic rings. The van der Waals surface area contributed by atoms with E-state index in [2.05, 4.69) is 16.3 Å². The fraction of sp³-hybridized carbons (Fsp3) is 0.923. The summed E-state index contributed by atoms with van der Waals surface area (Å²) in [5, 5.41) is 12.5. The zero-order chi connectivity index (χ0) is 11.4.